The van der Waals surface area contributed by atoms with Gasteiger partial charge in [0.15, 0.2) is 0 Å². The van der Waals surface area contributed by atoms with Gasteiger partial charge < -0.3 is 15.3 Å². The summed E-state index contributed by atoms with van der Waals surface area (Å²) >= 11 is 4.16. The molecule has 4 heteroatoms. The molecule has 0 aliphatic heterocycles. The molecule has 3 fully saturated rings. The summed E-state index contributed by atoms with van der Waals surface area (Å²) in [7, 11) is 0. The zero-order valence-corrected chi connectivity index (χ0v) is 21.9. The zero-order chi connectivity index (χ0) is 23.4. The van der Waals surface area contributed by atoms with Crippen molar-refractivity contribution in [2.24, 2.45) is 34.0 Å². The van der Waals surface area contributed by atoms with Crippen LogP contribution in [0.3, 0.4) is 0 Å². The molecule has 3 nitrogen and oxygen atoms in total. The number of aliphatic hydroxyl groups excluding tert-OH is 2. The lowest BCUT2D eigenvalue weighted by Crippen LogP contribution is -2.72. The highest BCUT2D eigenvalue weighted by molar-refractivity contribution is 9.09. The molecule has 1 aromatic carbocycles. The van der Waals surface area contributed by atoms with Crippen LogP contribution in [0, 0.1) is 40.9 Å². The summed E-state index contributed by atoms with van der Waals surface area (Å²) in [5, 5.41) is 33.5. The first-order valence-corrected chi connectivity index (χ1v) is 13.2. The average Bonchev–Trinajstić information content (AvgIpc) is 2.71. The molecule has 0 aromatic heterocycles. The van der Waals surface area contributed by atoms with Gasteiger partial charge in [0.2, 0.25) is 0 Å². The lowest BCUT2D eigenvalue weighted by atomic mass is 9.33. The van der Waals surface area contributed by atoms with E-state index >= 15 is 0 Å². The highest BCUT2D eigenvalue weighted by Gasteiger charge is 2.72. The Morgan fingerprint density at radius 3 is 2.38 bits per heavy atom. The van der Waals surface area contributed by atoms with Gasteiger partial charge in [-0.15, -0.1) is 0 Å². The van der Waals surface area contributed by atoms with Crippen LogP contribution in [-0.4, -0.2) is 32.4 Å². The first-order valence-electron chi connectivity index (χ1n) is 12.3. The van der Waals surface area contributed by atoms with Crippen LogP contribution in [0.4, 0.5) is 0 Å². The van der Waals surface area contributed by atoms with Gasteiger partial charge in [0.1, 0.15) is 5.75 Å². The van der Waals surface area contributed by atoms with E-state index in [1.165, 1.54) is 5.56 Å². The molecule has 0 saturated heterocycles. The van der Waals surface area contributed by atoms with Crippen LogP contribution >= 0.6 is 15.9 Å². The predicted octanol–water partition coefficient (Wildman–Crippen LogP) is 5.96. The standard InChI is InChI=1S/C28H39BrO3/c1-15-11-21-25(3,23(31)12-15)14-24(32)28(6)20-10-7-17-16(2)19(30)9-8-18(17)27(20,5)22(29)13-26(21,28)4/h7-10,15,20-24,30-32H,11-14H2,1-6H3. The average molecular weight is 504 g/mol. The Morgan fingerprint density at radius 1 is 1.00 bits per heavy atom. The van der Waals surface area contributed by atoms with E-state index in [2.05, 4.69) is 68.8 Å². The molecule has 0 bridgehead atoms. The van der Waals surface area contributed by atoms with Crippen LogP contribution in [0.1, 0.15) is 77.0 Å². The van der Waals surface area contributed by atoms with E-state index in [1.54, 1.807) is 0 Å². The van der Waals surface area contributed by atoms with Gasteiger partial charge in [0, 0.05) is 15.7 Å². The smallest absolute Gasteiger partial charge is 0.119 e. The Balaban J connectivity index is 1.71. The molecular formula is C28H39BrO3. The van der Waals surface area contributed by atoms with Crippen molar-refractivity contribution >= 4 is 22.0 Å². The molecule has 3 N–H and O–H groups in total. The number of hydrogen-bond donors (Lipinski definition) is 3. The number of hydrogen-bond acceptors (Lipinski definition) is 3. The summed E-state index contributed by atoms with van der Waals surface area (Å²) < 4.78 is 0. The number of benzene rings is 1. The van der Waals surface area contributed by atoms with Gasteiger partial charge in [-0.3, -0.25) is 0 Å². The molecule has 0 spiro atoms. The minimum absolute atomic E-state index is 0.110. The second-order valence-corrected chi connectivity index (χ2v) is 13.6. The Morgan fingerprint density at radius 2 is 1.69 bits per heavy atom. The molecule has 176 valence electrons. The first-order chi connectivity index (χ1) is 14.8. The Kier molecular flexibility index (Phi) is 4.91. The molecule has 5 rings (SSSR count). The Hall–Kier alpha value is -0.840. The summed E-state index contributed by atoms with van der Waals surface area (Å²) in [4.78, 5) is 0.231. The number of phenolic OH excluding ortho intramolecular Hbond substituents is 1. The molecule has 10 atom stereocenters. The third-order valence-corrected chi connectivity index (χ3v) is 12.5. The molecule has 1 aromatic rings. The van der Waals surface area contributed by atoms with Crippen molar-refractivity contribution in [1.82, 2.24) is 0 Å². The van der Waals surface area contributed by atoms with Gasteiger partial charge in [0.25, 0.3) is 0 Å². The van der Waals surface area contributed by atoms with Crippen molar-refractivity contribution in [3.8, 4) is 5.75 Å². The van der Waals surface area contributed by atoms with Gasteiger partial charge in [-0.2, -0.15) is 0 Å². The van der Waals surface area contributed by atoms with Crippen LogP contribution in [0.15, 0.2) is 18.2 Å². The summed E-state index contributed by atoms with van der Waals surface area (Å²) in [5.41, 5.74) is 2.45. The fourth-order valence-corrected chi connectivity index (χ4v) is 10.2. The van der Waals surface area contributed by atoms with Crippen molar-refractivity contribution < 1.29 is 15.3 Å². The van der Waals surface area contributed by atoms with Crippen LogP contribution < -0.4 is 0 Å². The summed E-state index contributed by atoms with van der Waals surface area (Å²) in [6, 6.07) is 3.93. The minimum Gasteiger partial charge on any atom is -0.508 e. The fourth-order valence-electron chi connectivity index (χ4n) is 8.96. The quantitative estimate of drug-likeness (QED) is 0.383. The largest absolute Gasteiger partial charge is 0.508 e. The summed E-state index contributed by atoms with van der Waals surface area (Å²) in [6.45, 7) is 13.6. The van der Waals surface area contributed by atoms with Crippen molar-refractivity contribution in [3.63, 3.8) is 0 Å². The molecule has 10 unspecified atom stereocenters. The van der Waals surface area contributed by atoms with Gasteiger partial charge in [-0.05, 0) is 83.9 Å². The number of phenols is 1. The normalized spacial score (nSPS) is 51.9. The lowest BCUT2D eigenvalue weighted by Gasteiger charge is -2.73. The van der Waals surface area contributed by atoms with Gasteiger partial charge >= 0.3 is 0 Å². The third-order valence-electron chi connectivity index (χ3n) is 11.2. The van der Waals surface area contributed by atoms with E-state index in [4.69, 9.17) is 0 Å². The van der Waals surface area contributed by atoms with Crippen molar-refractivity contribution in [2.75, 3.05) is 0 Å². The lowest BCUT2D eigenvalue weighted by molar-refractivity contribution is -0.260. The first kappa shape index (κ1) is 22.9. The minimum atomic E-state index is -0.481. The van der Waals surface area contributed by atoms with E-state index < -0.39 is 6.10 Å². The third kappa shape index (κ3) is 2.50. The maximum atomic E-state index is 11.9. The summed E-state index contributed by atoms with van der Waals surface area (Å²) in [5.74, 6) is 1.36. The molecule has 0 heterocycles. The molecule has 4 aliphatic carbocycles. The number of aliphatic hydroxyl groups is 2. The van der Waals surface area contributed by atoms with E-state index in [1.807, 2.05) is 13.0 Å². The van der Waals surface area contributed by atoms with Crippen molar-refractivity contribution in [2.45, 2.75) is 89.7 Å². The number of fused-ring (bicyclic) bond motifs is 7. The van der Waals surface area contributed by atoms with Gasteiger partial charge in [-0.25, -0.2) is 0 Å². The van der Waals surface area contributed by atoms with Crippen molar-refractivity contribution in [3.05, 3.63) is 34.9 Å². The fraction of sp³-hybridized carbons (Fsp3) is 0.714. The van der Waals surface area contributed by atoms with E-state index in [-0.39, 0.29) is 38.5 Å². The van der Waals surface area contributed by atoms with Gasteiger partial charge in [-0.1, -0.05) is 68.8 Å². The maximum Gasteiger partial charge on any atom is 0.119 e. The molecule has 0 amide bonds. The van der Waals surface area contributed by atoms with Crippen molar-refractivity contribution in [1.29, 1.82) is 0 Å². The second-order valence-electron chi connectivity index (χ2n) is 12.5. The summed E-state index contributed by atoms with van der Waals surface area (Å²) in [6.07, 6.45) is 7.24. The van der Waals surface area contributed by atoms with Crippen LogP contribution in [-0.2, 0) is 5.41 Å². The predicted molar refractivity (Wildman–Crippen MR) is 133 cm³/mol. The number of alkyl halides is 1. The Bertz CT molecular complexity index is 989. The van der Waals surface area contributed by atoms with E-state index in [9.17, 15) is 15.3 Å². The molecule has 4 aliphatic rings. The zero-order valence-electron chi connectivity index (χ0n) is 20.3. The molecule has 32 heavy (non-hydrogen) atoms. The topological polar surface area (TPSA) is 60.7 Å². The van der Waals surface area contributed by atoms with Crippen LogP contribution in [0.5, 0.6) is 5.75 Å². The van der Waals surface area contributed by atoms with Crippen LogP contribution in [0.25, 0.3) is 6.08 Å². The number of rotatable bonds is 0. The van der Waals surface area contributed by atoms with Gasteiger partial charge in [0.05, 0.1) is 12.2 Å². The highest BCUT2D eigenvalue weighted by atomic mass is 79.9. The number of aromatic hydroxyl groups is 1. The van der Waals surface area contributed by atoms with E-state index in [0.717, 1.165) is 30.4 Å². The number of allylic oxidation sites excluding steroid dienone is 1. The van der Waals surface area contributed by atoms with Crippen LogP contribution in [0.2, 0.25) is 0 Å². The second kappa shape index (κ2) is 6.86. The van der Waals surface area contributed by atoms with E-state index in [0.29, 0.717) is 24.0 Å². The monoisotopic (exact) mass is 502 g/mol. The molecule has 0 radical (unpaired) electrons. The Labute approximate surface area is 201 Å². The maximum absolute atomic E-state index is 11.9. The SMILES string of the molecule is Cc1c(O)ccc2c1C=CC1C2(C)C(Br)CC2(C)C3CC(C)CC(O)C3(C)CC(O)C12C. The highest BCUT2D eigenvalue weighted by Crippen LogP contribution is 2.74. The number of halogens is 1. The molecule has 3 saturated carbocycles. The molecular weight excluding hydrogens is 464 g/mol.